The first-order chi connectivity index (χ1) is 17.4. The molecule has 1 fully saturated rings. The van der Waals surface area contributed by atoms with Crippen LogP contribution in [0.3, 0.4) is 0 Å². The van der Waals surface area contributed by atoms with E-state index in [1.54, 1.807) is 18.2 Å². The van der Waals surface area contributed by atoms with Crippen molar-refractivity contribution in [2.24, 2.45) is 0 Å². The second-order valence-corrected chi connectivity index (χ2v) is 10.9. The van der Waals surface area contributed by atoms with Gasteiger partial charge in [0.25, 0.3) is 5.91 Å². The molecule has 2 N–H and O–H groups in total. The van der Waals surface area contributed by atoms with Crippen molar-refractivity contribution in [1.29, 1.82) is 0 Å². The number of aryl methyl sites for hydroxylation is 1. The van der Waals surface area contributed by atoms with Gasteiger partial charge >= 0.3 is 0 Å². The van der Waals surface area contributed by atoms with Gasteiger partial charge in [-0.3, -0.25) is 10.0 Å². The first-order valence-corrected chi connectivity index (χ1v) is 13.2. The first-order valence-electron chi connectivity index (χ1n) is 11.7. The minimum absolute atomic E-state index is 0.0277. The fourth-order valence-electron chi connectivity index (χ4n) is 4.39. The maximum Gasteiger partial charge on any atom is 0.265 e. The number of halogens is 1. The predicted molar refractivity (Wildman–Crippen MR) is 132 cm³/mol. The summed E-state index contributed by atoms with van der Waals surface area (Å²) in [6.45, 7) is 0.599. The molecule has 1 heterocycles. The van der Waals surface area contributed by atoms with Gasteiger partial charge in [0.2, 0.25) is 0 Å². The smallest absolute Gasteiger partial charge is 0.265 e. The van der Waals surface area contributed by atoms with E-state index in [1.807, 2.05) is 36.4 Å². The van der Waals surface area contributed by atoms with Gasteiger partial charge in [-0.2, -0.15) is 0 Å². The summed E-state index contributed by atoms with van der Waals surface area (Å²) < 4.78 is 50.1. The topological polar surface area (TPSA) is 102 Å². The summed E-state index contributed by atoms with van der Waals surface area (Å²) >= 11 is 0. The number of carbonyl (C=O) groups excluding carboxylic acids is 1. The number of sulfone groups is 1. The Bertz CT molecular complexity index is 1290. The molecular formula is C27H28FNO6S. The van der Waals surface area contributed by atoms with Gasteiger partial charge in [-0.25, -0.2) is 18.3 Å². The van der Waals surface area contributed by atoms with Crippen molar-refractivity contribution in [2.45, 2.75) is 35.3 Å². The van der Waals surface area contributed by atoms with Crippen molar-refractivity contribution in [2.75, 3.05) is 19.8 Å². The van der Waals surface area contributed by atoms with E-state index >= 15 is 0 Å². The molecule has 0 bridgehead atoms. The lowest BCUT2D eigenvalue weighted by molar-refractivity contribution is -0.134. The van der Waals surface area contributed by atoms with Crippen molar-refractivity contribution in [1.82, 2.24) is 5.48 Å². The number of benzene rings is 3. The Labute approximate surface area is 209 Å². The molecule has 0 aliphatic carbocycles. The fraction of sp³-hybridized carbons (Fsp3) is 0.296. The second-order valence-electron chi connectivity index (χ2n) is 8.65. The third kappa shape index (κ3) is 5.28. The van der Waals surface area contributed by atoms with Crippen LogP contribution in [0, 0.1) is 5.82 Å². The normalized spacial score (nSPS) is 15.3. The number of ether oxygens (including phenoxy) is 2. The van der Waals surface area contributed by atoms with Crippen LogP contribution in [0.4, 0.5) is 4.39 Å². The number of amides is 1. The highest BCUT2D eigenvalue weighted by Crippen LogP contribution is 2.35. The monoisotopic (exact) mass is 513 g/mol. The number of hydrogen-bond acceptors (Lipinski definition) is 6. The van der Waals surface area contributed by atoms with Gasteiger partial charge in [0.1, 0.15) is 11.6 Å². The highest BCUT2D eigenvalue weighted by molar-refractivity contribution is 7.93. The quantitative estimate of drug-likeness (QED) is 0.251. The third-order valence-electron chi connectivity index (χ3n) is 6.46. The molecule has 1 aliphatic heterocycles. The summed E-state index contributed by atoms with van der Waals surface area (Å²) in [6, 6.07) is 20.3. The number of nitrogens with one attached hydrogen (secondary N) is 1. The average molecular weight is 514 g/mol. The Morgan fingerprint density at radius 3 is 2.39 bits per heavy atom. The van der Waals surface area contributed by atoms with Crippen LogP contribution in [-0.4, -0.2) is 44.1 Å². The summed E-state index contributed by atoms with van der Waals surface area (Å²) in [7, 11) is -4.08. The van der Waals surface area contributed by atoms with Crippen molar-refractivity contribution in [3.05, 3.63) is 84.2 Å². The lowest BCUT2D eigenvalue weighted by Gasteiger charge is -2.34. The summed E-state index contributed by atoms with van der Waals surface area (Å²) in [4.78, 5) is 12.3. The van der Waals surface area contributed by atoms with Crippen LogP contribution in [0.25, 0.3) is 11.1 Å². The van der Waals surface area contributed by atoms with Gasteiger partial charge in [0, 0.05) is 18.8 Å². The Balaban J connectivity index is 1.37. The summed E-state index contributed by atoms with van der Waals surface area (Å²) in [5, 5.41) is 9.15. The van der Waals surface area contributed by atoms with E-state index in [9.17, 15) is 17.6 Å². The van der Waals surface area contributed by atoms with Gasteiger partial charge in [-0.15, -0.1) is 0 Å². The average Bonchev–Trinajstić information content (AvgIpc) is 2.92. The van der Waals surface area contributed by atoms with Crippen molar-refractivity contribution < 1.29 is 32.3 Å². The highest BCUT2D eigenvalue weighted by atomic mass is 32.2. The molecule has 0 aromatic heterocycles. The number of hydroxylamine groups is 1. The zero-order valence-electron chi connectivity index (χ0n) is 19.7. The molecule has 0 atom stereocenters. The minimum atomic E-state index is -4.08. The summed E-state index contributed by atoms with van der Waals surface area (Å²) in [5.74, 6) is -0.733. The third-order valence-corrected chi connectivity index (χ3v) is 8.97. The lowest BCUT2D eigenvalue weighted by Crippen LogP contribution is -2.54. The molecule has 3 aromatic rings. The van der Waals surface area contributed by atoms with Crippen molar-refractivity contribution >= 4 is 15.7 Å². The van der Waals surface area contributed by atoms with Crippen LogP contribution in [0.2, 0.25) is 0 Å². The van der Waals surface area contributed by atoms with E-state index in [0.717, 1.165) is 11.1 Å². The Morgan fingerprint density at radius 1 is 1.03 bits per heavy atom. The van der Waals surface area contributed by atoms with Crippen LogP contribution in [0.15, 0.2) is 77.7 Å². The zero-order chi connectivity index (χ0) is 25.6. The SMILES string of the molecule is O=C(NO)C1(S(=O)(=O)c2ccc(OCCCc3ccc(F)c(-c4ccccc4)c3)cc2)CCOCC1. The molecular weight excluding hydrogens is 485 g/mol. The van der Waals surface area contributed by atoms with Crippen LogP contribution >= 0.6 is 0 Å². The van der Waals surface area contributed by atoms with E-state index in [-0.39, 0.29) is 36.8 Å². The standard InChI is InChI=1S/C27H28FNO6S/c28-25-13-8-20(19-24(25)21-6-2-1-3-7-21)5-4-16-35-22-9-11-23(12-10-22)36(32,33)27(26(30)29-31)14-17-34-18-15-27/h1-3,6-13,19,31H,4-5,14-18H2,(H,29,30). The van der Waals surface area contributed by atoms with E-state index in [4.69, 9.17) is 14.7 Å². The molecule has 9 heteroatoms. The van der Waals surface area contributed by atoms with E-state index in [2.05, 4.69) is 0 Å². The van der Waals surface area contributed by atoms with E-state index in [0.29, 0.717) is 30.8 Å². The highest BCUT2D eigenvalue weighted by Gasteiger charge is 2.52. The largest absolute Gasteiger partial charge is 0.494 e. The molecule has 0 spiro atoms. The minimum Gasteiger partial charge on any atom is -0.494 e. The van der Waals surface area contributed by atoms with Crippen LogP contribution < -0.4 is 10.2 Å². The van der Waals surface area contributed by atoms with Crippen molar-refractivity contribution in [3.8, 4) is 16.9 Å². The van der Waals surface area contributed by atoms with E-state index in [1.165, 1.54) is 23.7 Å². The van der Waals surface area contributed by atoms with Crippen LogP contribution in [0.1, 0.15) is 24.8 Å². The number of carbonyl (C=O) groups is 1. The maximum atomic E-state index is 14.3. The lowest BCUT2D eigenvalue weighted by atomic mass is 9.98. The molecule has 1 aliphatic rings. The summed E-state index contributed by atoms with van der Waals surface area (Å²) in [6.07, 6.45) is 1.28. The maximum absolute atomic E-state index is 14.3. The van der Waals surface area contributed by atoms with Gasteiger partial charge in [-0.1, -0.05) is 36.4 Å². The molecule has 3 aromatic carbocycles. The molecule has 0 saturated carbocycles. The zero-order valence-corrected chi connectivity index (χ0v) is 20.5. The molecule has 36 heavy (non-hydrogen) atoms. The van der Waals surface area contributed by atoms with E-state index < -0.39 is 20.5 Å². The Hall–Kier alpha value is -3.27. The van der Waals surface area contributed by atoms with Gasteiger partial charge in [-0.05, 0) is 73.2 Å². The Morgan fingerprint density at radius 2 is 1.72 bits per heavy atom. The van der Waals surface area contributed by atoms with Crippen molar-refractivity contribution in [3.63, 3.8) is 0 Å². The predicted octanol–water partition coefficient (Wildman–Crippen LogP) is 4.33. The molecule has 7 nitrogen and oxygen atoms in total. The molecule has 190 valence electrons. The van der Waals surface area contributed by atoms with Gasteiger partial charge in [0.15, 0.2) is 14.6 Å². The van der Waals surface area contributed by atoms with Gasteiger partial charge in [0.05, 0.1) is 11.5 Å². The number of hydrogen-bond donors (Lipinski definition) is 2. The molecule has 1 saturated heterocycles. The molecule has 1 amide bonds. The second kappa shape index (κ2) is 11.2. The van der Waals surface area contributed by atoms with Crippen LogP contribution in [-0.2, 0) is 25.8 Å². The fourth-order valence-corrected chi connectivity index (χ4v) is 6.33. The van der Waals surface area contributed by atoms with Crippen LogP contribution in [0.5, 0.6) is 5.75 Å². The first kappa shape index (κ1) is 25.8. The Kier molecular flexibility index (Phi) is 8.03. The van der Waals surface area contributed by atoms with Gasteiger partial charge < -0.3 is 9.47 Å². The molecule has 0 radical (unpaired) electrons. The molecule has 0 unspecified atom stereocenters. The molecule has 4 rings (SSSR count). The summed E-state index contributed by atoms with van der Waals surface area (Å²) in [5.41, 5.74) is 3.88. The number of rotatable bonds is 9.